The minimum absolute atomic E-state index is 0.284. The Morgan fingerprint density at radius 3 is 2.25 bits per heavy atom. The number of ether oxygens (including phenoxy) is 3. The zero-order valence-electron chi connectivity index (χ0n) is 11.0. The molecule has 112 valence electrons. The number of rotatable bonds is 4. The van der Waals surface area contributed by atoms with Crippen molar-refractivity contribution in [3.63, 3.8) is 0 Å². The maximum atomic E-state index is 11.4. The Labute approximate surface area is 114 Å². The highest BCUT2D eigenvalue weighted by molar-refractivity contribution is 5.90. The van der Waals surface area contributed by atoms with E-state index >= 15 is 0 Å². The highest BCUT2D eigenvalue weighted by atomic mass is 16.6. The van der Waals surface area contributed by atoms with Crippen LogP contribution in [0.4, 0.5) is 0 Å². The van der Waals surface area contributed by atoms with Crippen molar-refractivity contribution in [2.75, 3.05) is 14.2 Å². The van der Waals surface area contributed by atoms with Gasteiger partial charge in [-0.2, -0.15) is 0 Å². The lowest BCUT2D eigenvalue weighted by Crippen LogP contribution is -2.50. The molecule has 8 heteroatoms. The van der Waals surface area contributed by atoms with Gasteiger partial charge in [0.15, 0.2) is 5.76 Å². The predicted molar refractivity (Wildman–Crippen MR) is 64.1 cm³/mol. The van der Waals surface area contributed by atoms with Gasteiger partial charge in [-0.1, -0.05) is 0 Å². The zero-order chi connectivity index (χ0) is 15.4. The van der Waals surface area contributed by atoms with Gasteiger partial charge in [-0.05, 0) is 12.7 Å². The van der Waals surface area contributed by atoms with Gasteiger partial charge in [0.2, 0.25) is 0 Å². The summed E-state index contributed by atoms with van der Waals surface area (Å²) < 4.78 is 13.8. The normalized spacial score (nSPS) is 29.1. The molecular formula is C12H16O8. The molecule has 0 unspecified atom stereocenters. The molecule has 0 spiro atoms. The van der Waals surface area contributed by atoms with Crippen LogP contribution in [-0.4, -0.2) is 65.9 Å². The van der Waals surface area contributed by atoms with Gasteiger partial charge < -0.3 is 29.5 Å². The molecule has 0 aliphatic heterocycles. The average Bonchev–Trinajstić information content (AvgIpc) is 2.45. The van der Waals surface area contributed by atoms with Crippen molar-refractivity contribution in [2.24, 2.45) is 0 Å². The predicted octanol–water partition coefficient (Wildman–Crippen LogP) is -1.75. The molecule has 4 atom stereocenters. The molecule has 0 fully saturated rings. The van der Waals surface area contributed by atoms with E-state index < -0.39 is 42.1 Å². The van der Waals surface area contributed by atoms with E-state index in [1.807, 2.05) is 0 Å². The highest BCUT2D eigenvalue weighted by Gasteiger charge is 2.41. The molecule has 1 aliphatic rings. The summed E-state index contributed by atoms with van der Waals surface area (Å²) in [5, 5.41) is 29.1. The summed E-state index contributed by atoms with van der Waals surface area (Å²) in [6.07, 6.45) is -5.05. The molecule has 0 saturated carbocycles. The Bertz CT molecular complexity index is 441. The molecule has 1 rings (SSSR count). The third-order valence-corrected chi connectivity index (χ3v) is 2.78. The van der Waals surface area contributed by atoms with E-state index in [1.54, 1.807) is 0 Å². The third-order valence-electron chi connectivity index (χ3n) is 2.78. The largest absolute Gasteiger partial charge is 0.477 e. The Kier molecular flexibility index (Phi) is 5.26. The van der Waals surface area contributed by atoms with Gasteiger partial charge in [-0.25, -0.2) is 9.59 Å². The molecule has 3 N–H and O–H groups in total. The summed E-state index contributed by atoms with van der Waals surface area (Å²) in [6, 6.07) is 0. The SMILES string of the molecule is C=C(O[C@@H]1C=C(C(=O)OC)[C@@H](O)[C@@H](O)[C@@H]1O)C(=O)OC. The van der Waals surface area contributed by atoms with Crippen LogP contribution in [0.5, 0.6) is 0 Å². The minimum atomic E-state index is -1.68. The van der Waals surface area contributed by atoms with Gasteiger partial charge in [0.05, 0.1) is 19.8 Å². The number of carbonyl (C=O) groups is 2. The molecular weight excluding hydrogens is 272 g/mol. The van der Waals surface area contributed by atoms with Crippen molar-refractivity contribution in [3.05, 3.63) is 24.0 Å². The van der Waals surface area contributed by atoms with E-state index in [9.17, 15) is 24.9 Å². The van der Waals surface area contributed by atoms with E-state index in [0.29, 0.717) is 0 Å². The lowest BCUT2D eigenvalue weighted by atomic mass is 9.89. The van der Waals surface area contributed by atoms with Crippen LogP contribution < -0.4 is 0 Å². The molecule has 0 aromatic carbocycles. The second kappa shape index (κ2) is 6.51. The average molecular weight is 288 g/mol. The van der Waals surface area contributed by atoms with Crippen LogP contribution in [0, 0.1) is 0 Å². The highest BCUT2D eigenvalue weighted by Crippen LogP contribution is 2.24. The van der Waals surface area contributed by atoms with Crippen molar-refractivity contribution in [1.82, 2.24) is 0 Å². The monoisotopic (exact) mass is 288 g/mol. The molecule has 8 nitrogen and oxygen atoms in total. The molecule has 0 radical (unpaired) electrons. The van der Waals surface area contributed by atoms with Crippen molar-refractivity contribution >= 4 is 11.9 Å². The van der Waals surface area contributed by atoms with Crippen molar-refractivity contribution in [1.29, 1.82) is 0 Å². The second-order valence-electron chi connectivity index (χ2n) is 4.04. The van der Waals surface area contributed by atoms with Gasteiger partial charge in [0, 0.05) is 0 Å². The van der Waals surface area contributed by atoms with Gasteiger partial charge >= 0.3 is 11.9 Å². The zero-order valence-corrected chi connectivity index (χ0v) is 11.0. The first-order valence-corrected chi connectivity index (χ1v) is 5.61. The van der Waals surface area contributed by atoms with Crippen molar-refractivity contribution < 1.29 is 39.1 Å². The fourth-order valence-electron chi connectivity index (χ4n) is 1.68. The number of hydrogen-bond acceptors (Lipinski definition) is 8. The summed E-state index contributed by atoms with van der Waals surface area (Å²) in [6.45, 7) is 3.29. The van der Waals surface area contributed by atoms with Crippen LogP contribution in [0.15, 0.2) is 24.0 Å². The number of aliphatic hydroxyl groups excluding tert-OH is 3. The number of methoxy groups -OCH3 is 2. The first-order valence-electron chi connectivity index (χ1n) is 5.61. The number of carbonyl (C=O) groups excluding carboxylic acids is 2. The van der Waals surface area contributed by atoms with E-state index in [1.165, 1.54) is 0 Å². The standard InChI is InChI=1S/C12H16O8/c1-5(11(16)18-2)20-7-4-6(12(17)19-3)8(13)10(15)9(7)14/h4,7-10,13-15H,1H2,2-3H3/t7-,8-,9-,10-/m1/s1. The fourth-order valence-corrected chi connectivity index (χ4v) is 1.68. The van der Waals surface area contributed by atoms with E-state index in [2.05, 4.69) is 16.1 Å². The fraction of sp³-hybridized carbons (Fsp3) is 0.500. The summed E-state index contributed by atoms with van der Waals surface area (Å²) in [5.74, 6) is -2.17. The summed E-state index contributed by atoms with van der Waals surface area (Å²) in [5.41, 5.74) is -0.284. The van der Waals surface area contributed by atoms with Gasteiger partial charge in [0.1, 0.15) is 24.4 Å². The lowest BCUT2D eigenvalue weighted by molar-refractivity contribution is -0.147. The quantitative estimate of drug-likeness (QED) is 0.316. The molecule has 20 heavy (non-hydrogen) atoms. The van der Waals surface area contributed by atoms with Gasteiger partial charge in [-0.3, -0.25) is 0 Å². The first-order chi connectivity index (χ1) is 9.33. The summed E-state index contributed by atoms with van der Waals surface area (Å²) in [4.78, 5) is 22.6. The Hall–Kier alpha value is -1.90. The molecule has 0 aromatic heterocycles. The number of esters is 2. The Morgan fingerprint density at radius 1 is 1.15 bits per heavy atom. The Balaban J connectivity index is 2.99. The molecule has 0 aromatic rings. The van der Waals surface area contributed by atoms with Crippen LogP contribution in [0.2, 0.25) is 0 Å². The van der Waals surface area contributed by atoms with Gasteiger partial charge in [-0.15, -0.1) is 0 Å². The maximum Gasteiger partial charge on any atom is 0.372 e. The summed E-state index contributed by atoms with van der Waals surface area (Å²) >= 11 is 0. The number of aliphatic hydroxyl groups is 3. The van der Waals surface area contributed by atoms with Crippen molar-refractivity contribution in [3.8, 4) is 0 Å². The third kappa shape index (κ3) is 3.16. The van der Waals surface area contributed by atoms with Crippen LogP contribution in [-0.2, 0) is 23.8 Å². The van der Waals surface area contributed by atoms with E-state index in [0.717, 1.165) is 20.3 Å². The topological polar surface area (TPSA) is 123 Å². The van der Waals surface area contributed by atoms with Crippen LogP contribution in [0.1, 0.15) is 0 Å². The second-order valence-corrected chi connectivity index (χ2v) is 4.04. The van der Waals surface area contributed by atoms with Gasteiger partial charge in [0.25, 0.3) is 0 Å². The molecule has 0 heterocycles. The van der Waals surface area contributed by atoms with E-state index in [4.69, 9.17) is 4.74 Å². The smallest absolute Gasteiger partial charge is 0.372 e. The molecule has 0 saturated heterocycles. The maximum absolute atomic E-state index is 11.4. The minimum Gasteiger partial charge on any atom is -0.477 e. The summed E-state index contributed by atoms with van der Waals surface area (Å²) in [7, 11) is 2.21. The van der Waals surface area contributed by atoms with Crippen molar-refractivity contribution in [2.45, 2.75) is 24.4 Å². The lowest BCUT2D eigenvalue weighted by Gasteiger charge is -2.33. The van der Waals surface area contributed by atoms with Crippen LogP contribution >= 0.6 is 0 Å². The molecule has 0 amide bonds. The van der Waals surface area contributed by atoms with Crippen LogP contribution in [0.25, 0.3) is 0 Å². The van der Waals surface area contributed by atoms with E-state index in [-0.39, 0.29) is 5.57 Å². The number of hydrogen-bond donors (Lipinski definition) is 3. The molecule has 1 aliphatic carbocycles. The first kappa shape index (κ1) is 16.2. The Morgan fingerprint density at radius 2 is 1.75 bits per heavy atom. The van der Waals surface area contributed by atoms with Crippen LogP contribution in [0.3, 0.4) is 0 Å². The molecule has 0 bridgehead atoms.